The minimum Gasteiger partial charge on any atom is -0.458 e. The van der Waals surface area contributed by atoms with Crippen molar-refractivity contribution in [3.05, 3.63) is 78.1 Å². The molecule has 32 heavy (non-hydrogen) atoms. The van der Waals surface area contributed by atoms with E-state index in [1.165, 1.54) is 12.1 Å². The van der Waals surface area contributed by atoms with E-state index in [0.29, 0.717) is 23.6 Å². The van der Waals surface area contributed by atoms with E-state index in [0.717, 1.165) is 5.56 Å². The van der Waals surface area contributed by atoms with Gasteiger partial charge in [0.2, 0.25) is 5.91 Å². The van der Waals surface area contributed by atoms with Gasteiger partial charge in [0.1, 0.15) is 17.5 Å². The number of carbonyl (C=O) groups excluding carboxylic acids is 2. The number of halogens is 1. The number of nitrogens with zero attached hydrogens (tertiary/aromatic N) is 1. The third kappa shape index (κ3) is 7.04. The van der Waals surface area contributed by atoms with Crippen LogP contribution < -0.4 is 5.32 Å². The molecule has 1 N–H and O–H groups in total. The summed E-state index contributed by atoms with van der Waals surface area (Å²) in [5.41, 5.74) is 0.953. The van der Waals surface area contributed by atoms with Gasteiger partial charge in [-0.25, -0.2) is 14.2 Å². The highest BCUT2D eigenvalue weighted by molar-refractivity contribution is 5.85. The van der Waals surface area contributed by atoms with Crippen LogP contribution in [0.15, 0.2) is 65.2 Å². The summed E-state index contributed by atoms with van der Waals surface area (Å²) in [5.74, 6) is -0.240. The molecule has 0 radical (unpaired) electrons. The zero-order valence-electron chi connectivity index (χ0n) is 18.4. The van der Waals surface area contributed by atoms with E-state index in [2.05, 4.69) is 10.3 Å². The molecule has 0 fully saturated rings. The monoisotopic (exact) mass is 438 g/mol. The van der Waals surface area contributed by atoms with Crippen molar-refractivity contribution < 1.29 is 23.1 Å². The van der Waals surface area contributed by atoms with Gasteiger partial charge >= 0.3 is 5.97 Å². The second kappa shape index (κ2) is 10.2. The van der Waals surface area contributed by atoms with Crippen molar-refractivity contribution in [2.75, 3.05) is 0 Å². The highest BCUT2D eigenvalue weighted by Crippen LogP contribution is 2.21. The third-order valence-electron chi connectivity index (χ3n) is 4.56. The van der Waals surface area contributed by atoms with E-state index < -0.39 is 17.6 Å². The number of esters is 1. The number of oxazole rings is 1. The number of nitrogens with one attached hydrogen (secondary N) is 1. The molecule has 0 aliphatic heterocycles. The first-order valence-corrected chi connectivity index (χ1v) is 10.5. The highest BCUT2D eigenvalue weighted by atomic mass is 19.1. The third-order valence-corrected chi connectivity index (χ3v) is 4.56. The normalized spacial score (nSPS) is 12.2. The van der Waals surface area contributed by atoms with Gasteiger partial charge < -0.3 is 14.5 Å². The van der Waals surface area contributed by atoms with Gasteiger partial charge in [0, 0.05) is 24.8 Å². The van der Waals surface area contributed by atoms with E-state index in [4.69, 9.17) is 9.15 Å². The zero-order chi connectivity index (χ0) is 23.1. The minimum atomic E-state index is -0.802. The van der Waals surface area contributed by atoms with Crippen LogP contribution in [0.5, 0.6) is 0 Å². The van der Waals surface area contributed by atoms with Crippen LogP contribution in [0.3, 0.4) is 0 Å². The lowest BCUT2D eigenvalue weighted by Crippen LogP contribution is -2.45. The molecule has 0 aliphatic carbocycles. The Morgan fingerprint density at radius 1 is 1.09 bits per heavy atom. The Morgan fingerprint density at radius 2 is 1.78 bits per heavy atom. The Labute approximate surface area is 186 Å². The fraction of sp³-hybridized carbons (Fsp3) is 0.320. The summed E-state index contributed by atoms with van der Waals surface area (Å²) < 4.78 is 24.2. The molecule has 2 aromatic carbocycles. The van der Waals surface area contributed by atoms with Gasteiger partial charge in [-0.05, 0) is 50.6 Å². The largest absolute Gasteiger partial charge is 0.458 e. The van der Waals surface area contributed by atoms with Crippen LogP contribution in [-0.2, 0) is 27.2 Å². The summed E-state index contributed by atoms with van der Waals surface area (Å²) in [6.07, 6.45) is 2.23. The molecular weight excluding hydrogens is 411 g/mol. The average Bonchev–Trinajstić information content (AvgIpc) is 3.21. The molecule has 0 saturated heterocycles. The summed E-state index contributed by atoms with van der Waals surface area (Å²) in [6, 6.07) is 14.5. The molecule has 1 aromatic heterocycles. The fourth-order valence-corrected chi connectivity index (χ4v) is 3.08. The van der Waals surface area contributed by atoms with Crippen LogP contribution in [-0.4, -0.2) is 28.5 Å². The van der Waals surface area contributed by atoms with Crippen LogP contribution in [0, 0.1) is 5.82 Å². The number of ether oxygens (including phenoxy) is 1. The highest BCUT2D eigenvalue weighted by Gasteiger charge is 2.27. The summed E-state index contributed by atoms with van der Waals surface area (Å²) in [4.78, 5) is 29.4. The van der Waals surface area contributed by atoms with Crippen LogP contribution in [0.25, 0.3) is 11.3 Å². The van der Waals surface area contributed by atoms with Crippen molar-refractivity contribution in [1.29, 1.82) is 0 Å². The van der Waals surface area contributed by atoms with Crippen LogP contribution in [0.4, 0.5) is 4.39 Å². The number of benzene rings is 2. The number of aromatic nitrogens is 1. The van der Waals surface area contributed by atoms with Crippen molar-refractivity contribution >= 4 is 11.9 Å². The Hall–Kier alpha value is -3.48. The number of hydrogen-bond acceptors (Lipinski definition) is 5. The lowest BCUT2D eigenvalue weighted by atomic mass is 10.1. The Balaban J connectivity index is 1.60. The first kappa shape index (κ1) is 23.2. The molecule has 1 heterocycles. The summed E-state index contributed by atoms with van der Waals surface area (Å²) >= 11 is 0. The molecule has 3 aromatic rings. The van der Waals surface area contributed by atoms with Gasteiger partial charge in [-0.15, -0.1) is 0 Å². The quantitative estimate of drug-likeness (QED) is 0.525. The molecule has 1 amide bonds. The first-order valence-electron chi connectivity index (χ1n) is 10.5. The maximum absolute atomic E-state index is 13.1. The number of carbonyl (C=O) groups is 2. The zero-order valence-corrected chi connectivity index (χ0v) is 18.4. The lowest BCUT2D eigenvalue weighted by molar-refractivity contribution is -0.158. The van der Waals surface area contributed by atoms with Gasteiger partial charge in [-0.1, -0.05) is 30.3 Å². The molecule has 0 saturated carbocycles. The molecule has 1 atom stereocenters. The second-order valence-corrected chi connectivity index (χ2v) is 8.47. The number of rotatable bonds is 8. The number of hydrogen-bond donors (Lipinski definition) is 1. The van der Waals surface area contributed by atoms with Gasteiger partial charge in [-0.2, -0.15) is 0 Å². The van der Waals surface area contributed by atoms with Crippen LogP contribution >= 0.6 is 0 Å². The average molecular weight is 438 g/mol. The standard InChI is InChI=1S/C25H27FN2O4/c1-25(2,3)32-24(30)20(15-17-7-5-4-6-8-17)28-22(29)13-14-23-27-16-21(31-23)18-9-11-19(26)12-10-18/h4-12,16,20H,13-15H2,1-3H3,(H,28,29)/t20-/m1/s1. The van der Waals surface area contributed by atoms with E-state index in [-0.39, 0.29) is 24.6 Å². The van der Waals surface area contributed by atoms with Gasteiger partial charge in [0.05, 0.1) is 6.20 Å². The smallest absolute Gasteiger partial charge is 0.329 e. The summed E-state index contributed by atoms with van der Waals surface area (Å²) in [5, 5.41) is 2.78. The first-order chi connectivity index (χ1) is 15.2. The number of aryl methyl sites for hydroxylation is 1. The van der Waals surface area contributed by atoms with Crippen molar-refractivity contribution in [2.45, 2.75) is 51.7 Å². The van der Waals surface area contributed by atoms with Gasteiger partial charge in [-0.3, -0.25) is 4.79 Å². The fourth-order valence-electron chi connectivity index (χ4n) is 3.08. The Bertz CT molecular complexity index is 1040. The van der Waals surface area contributed by atoms with Crippen molar-refractivity contribution in [2.24, 2.45) is 0 Å². The molecule has 0 aliphatic rings. The van der Waals surface area contributed by atoms with Gasteiger partial charge in [0.25, 0.3) is 0 Å². The van der Waals surface area contributed by atoms with Crippen molar-refractivity contribution in [3.63, 3.8) is 0 Å². The lowest BCUT2D eigenvalue weighted by Gasteiger charge is -2.24. The van der Waals surface area contributed by atoms with E-state index in [1.54, 1.807) is 39.1 Å². The maximum atomic E-state index is 13.1. The molecule has 0 unspecified atom stereocenters. The SMILES string of the molecule is CC(C)(C)OC(=O)[C@@H](Cc1ccccc1)NC(=O)CCc1ncc(-c2ccc(F)cc2)o1. The van der Waals surface area contributed by atoms with Crippen LogP contribution in [0.1, 0.15) is 38.6 Å². The summed E-state index contributed by atoms with van der Waals surface area (Å²) in [7, 11) is 0. The minimum absolute atomic E-state index is 0.0947. The molecular formula is C25H27FN2O4. The summed E-state index contributed by atoms with van der Waals surface area (Å²) in [6.45, 7) is 5.36. The Morgan fingerprint density at radius 3 is 2.44 bits per heavy atom. The molecule has 3 rings (SSSR count). The predicted molar refractivity (Wildman–Crippen MR) is 118 cm³/mol. The Kier molecular flexibility index (Phi) is 7.41. The molecule has 168 valence electrons. The molecule has 0 bridgehead atoms. The van der Waals surface area contributed by atoms with E-state index in [1.807, 2.05) is 30.3 Å². The van der Waals surface area contributed by atoms with Crippen LogP contribution in [0.2, 0.25) is 0 Å². The van der Waals surface area contributed by atoms with Crippen molar-refractivity contribution in [3.8, 4) is 11.3 Å². The topological polar surface area (TPSA) is 81.4 Å². The number of amides is 1. The van der Waals surface area contributed by atoms with E-state index >= 15 is 0 Å². The van der Waals surface area contributed by atoms with E-state index in [9.17, 15) is 14.0 Å². The maximum Gasteiger partial charge on any atom is 0.329 e. The molecule has 7 heteroatoms. The van der Waals surface area contributed by atoms with Gasteiger partial charge in [0.15, 0.2) is 11.7 Å². The molecule has 6 nitrogen and oxygen atoms in total. The predicted octanol–water partition coefficient (Wildman–Crippen LogP) is 4.48. The second-order valence-electron chi connectivity index (χ2n) is 8.47. The molecule has 0 spiro atoms. The van der Waals surface area contributed by atoms with Crippen molar-refractivity contribution in [1.82, 2.24) is 10.3 Å².